The van der Waals surface area contributed by atoms with E-state index >= 15 is 0 Å². The Hall–Kier alpha value is -4.83. The van der Waals surface area contributed by atoms with Crippen LogP contribution in [0.25, 0.3) is 0 Å². The lowest BCUT2D eigenvalue weighted by atomic mass is 9.98. The SMILES string of the molecule is C=CCN1CC(=O)N2C(CN(Cc3ccc(C)c(O)c3)C(=O)[C@@H]2Cc2ccc(O)cc2)N1C(=O)NCc1ccccc1. The number of hydrogen-bond donors (Lipinski definition) is 3. The van der Waals surface area contributed by atoms with Crippen molar-refractivity contribution in [2.45, 2.75) is 38.6 Å². The van der Waals surface area contributed by atoms with Gasteiger partial charge < -0.3 is 25.3 Å². The van der Waals surface area contributed by atoms with Gasteiger partial charge in [0.2, 0.25) is 11.8 Å². The number of nitrogens with zero attached hydrogens (tertiary/aromatic N) is 4. The number of rotatable bonds is 8. The lowest BCUT2D eigenvalue weighted by Gasteiger charge is -2.55. The summed E-state index contributed by atoms with van der Waals surface area (Å²) in [6.07, 6.45) is 1.06. The molecule has 1 unspecified atom stereocenters. The minimum absolute atomic E-state index is 0.0810. The standard InChI is InChI=1S/C32H35N5O5/c1-3-15-35-21-30(40)36-27(16-23-11-13-26(38)14-12-23)31(41)34(19-25-10-9-22(2)28(39)17-25)20-29(36)37(35)32(42)33-18-24-7-5-4-6-8-24/h3-14,17,27,29,38-39H,1,15-16,18-21H2,2H3,(H,33,42)/t27-,29?/m0/s1. The summed E-state index contributed by atoms with van der Waals surface area (Å²) in [4.78, 5) is 44.6. The van der Waals surface area contributed by atoms with Crippen molar-refractivity contribution in [2.75, 3.05) is 19.6 Å². The summed E-state index contributed by atoms with van der Waals surface area (Å²) in [6, 6.07) is 20.0. The zero-order chi connectivity index (χ0) is 29.8. The molecule has 0 bridgehead atoms. The first-order chi connectivity index (χ1) is 20.2. The molecule has 0 radical (unpaired) electrons. The van der Waals surface area contributed by atoms with Crippen molar-refractivity contribution in [3.63, 3.8) is 0 Å². The molecule has 2 fully saturated rings. The van der Waals surface area contributed by atoms with E-state index in [1.165, 1.54) is 9.91 Å². The number of nitrogens with one attached hydrogen (secondary N) is 1. The first-order valence-corrected chi connectivity index (χ1v) is 13.9. The Balaban J connectivity index is 1.50. The molecule has 2 saturated heterocycles. The molecule has 0 aliphatic carbocycles. The van der Waals surface area contributed by atoms with Crippen LogP contribution in [0, 0.1) is 6.92 Å². The highest BCUT2D eigenvalue weighted by Gasteiger charge is 2.51. The Bertz CT molecular complexity index is 1460. The van der Waals surface area contributed by atoms with Crippen LogP contribution in [0.4, 0.5) is 4.79 Å². The zero-order valence-corrected chi connectivity index (χ0v) is 23.5. The maximum Gasteiger partial charge on any atom is 0.334 e. The molecule has 5 rings (SSSR count). The highest BCUT2D eigenvalue weighted by molar-refractivity contribution is 5.91. The van der Waals surface area contributed by atoms with E-state index < -0.39 is 18.2 Å². The fourth-order valence-electron chi connectivity index (χ4n) is 5.53. The van der Waals surface area contributed by atoms with E-state index in [2.05, 4.69) is 11.9 Å². The minimum Gasteiger partial charge on any atom is -0.508 e. The van der Waals surface area contributed by atoms with E-state index in [4.69, 9.17) is 0 Å². The number of fused-ring (bicyclic) bond motifs is 1. The highest BCUT2D eigenvalue weighted by atomic mass is 16.3. The van der Waals surface area contributed by atoms with Crippen LogP contribution in [0.15, 0.2) is 85.5 Å². The molecule has 0 saturated carbocycles. The molecule has 42 heavy (non-hydrogen) atoms. The van der Waals surface area contributed by atoms with Crippen LogP contribution in [0.5, 0.6) is 11.5 Å². The van der Waals surface area contributed by atoms with E-state index in [-0.39, 0.29) is 55.9 Å². The number of piperazine rings is 1. The minimum atomic E-state index is -0.879. The van der Waals surface area contributed by atoms with Gasteiger partial charge in [0.05, 0.1) is 13.1 Å². The molecule has 0 spiro atoms. The Labute approximate surface area is 245 Å². The van der Waals surface area contributed by atoms with Gasteiger partial charge >= 0.3 is 6.03 Å². The monoisotopic (exact) mass is 569 g/mol. The van der Waals surface area contributed by atoms with Gasteiger partial charge in [0.15, 0.2) is 0 Å². The molecule has 2 atom stereocenters. The molecule has 0 aromatic heterocycles. The molecule has 2 aliphatic heterocycles. The van der Waals surface area contributed by atoms with E-state index in [0.29, 0.717) is 6.54 Å². The molecule has 3 N–H and O–H groups in total. The number of amides is 4. The molecule has 3 aromatic carbocycles. The second kappa shape index (κ2) is 12.4. The molecule has 4 amide bonds. The molecule has 218 valence electrons. The topological polar surface area (TPSA) is 117 Å². The Morgan fingerprint density at radius 1 is 1.00 bits per heavy atom. The summed E-state index contributed by atoms with van der Waals surface area (Å²) >= 11 is 0. The number of hydrazine groups is 1. The number of aromatic hydroxyl groups is 2. The van der Waals surface area contributed by atoms with Gasteiger partial charge in [-0.15, -0.1) is 6.58 Å². The van der Waals surface area contributed by atoms with E-state index in [9.17, 15) is 24.6 Å². The maximum atomic E-state index is 14.0. The number of phenolic OH excluding ortho intramolecular Hbond substituents is 2. The number of phenols is 2. The van der Waals surface area contributed by atoms with Crippen molar-refractivity contribution in [1.82, 2.24) is 25.1 Å². The molecule has 10 heteroatoms. The average Bonchev–Trinajstić information content (AvgIpc) is 2.97. The summed E-state index contributed by atoms with van der Waals surface area (Å²) < 4.78 is 0. The fraction of sp³-hybridized carbons (Fsp3) is 0.281. The predicted octanol–water partition coefficient (Wildman–Crippen LogP) is 3.14. The number of urea groups is 1. The second-order valence-corrected chi connectivity index (χ2v) is 10.6. The Kier molecular flexibility index (Phi) is 8.44. The van der Waals surface area contributed by atoms with E-state index in [1.54, 1.807) is 59.3 Å². The number of hydrogen-bond acceptors (Lipinski definition) is 6. The van der Waals surface area contributed by atoms with Crippen molar-refractivity contribution in [1.29, 1.82) is 0 Å². The van der Waals surface area contributed by atoms with Gasteiger partial charge in [-0.3, -0.25) is 9.59 Å². The third kappa shape index (κ3) is 6.08. The van der Waals surface area contributed by atoms with Gasteiger partial charge in [-0.2, -0.15) is 0 Å². The number of carbonyl (C=O) groups is 3. The van der Waals surface area contributed by atoms with Gasteiger partial charge in [0, 0.05) is 26.1 Å². The lowest BCUT2D eigenvalue weighted by molar-refractivity contribution is -0.189. The quantitative estimate of drug-likeness (QED) is 0.359. The summed E-state index contributed by atoms with van der Waals surface area (Å²) in [5.41, 5.74) is 3.14. The van der Waals surface area contributed by atoms with Crippen molar-refractivity contribution in [3.8, 4) is 11.5 Å². The van der Waals surface area contributed by atoms with Crippen molar-refractivity contribution >= 4 is 17.8 Å². The Morgan fingerprint density at radius 2 is 1.71 bits per heavy atom. The van der Waals surface area contributed by atoms with Crippen LogP contribution in [0.2, 0.25) is 0 Å². The number of benzene rings is 3. The van der Waals surface area contributed by atoms with Crippen LogP contribution < -0.4 is 5.32 Å². The van der Waals surface area contributed by atoms with Crippen molar-refractivity contribution in [2.24, 2.45) is 0 Å². The fourth-order valence-corrected chi connectivity index (χ4v) is 5.53. The summed E-state index contributed by atoms with van der Waals surface area (Å²) in [5.74, 6) is -0.290. The average molecular weight is 570 g/mol. The van der Waals surface area contributed by atoms with Crippen molar-refractivity contribution in [3.05, 3.63) is 108 Å². The predicted molar refractivity (Wildman–Crippen MR) is 157 cm³/mol. The van der Waals surface area contributed by atoms with E-state index in [0.717, 1.165) is 22.3 Å². The van der Waals surface area contributed by atoms with E-state index in [1.807, 2.05) is 36.4 Å². The maximum absolute atomic E-state index is 14.0. The molecule has 10 nitrogen and oxygen atoms in total. The van der Waals surface area contributed by atoms with Crippen LogP contribution >= 0.6 is 0 Å². The summed E-state index contributed by atoms with van der Waals surface area (Å²) in [7, 11) is 0. The van der Waals surface area contributed by atoms with Crippen molar-refractivity contribution < 1.29 is 24.6 Å². The third-order valence-corrected chi connectivity index (χ3v) is 7.68. The van der Waals surface area contributed by atoms with Gasteiger partial charge in [0.1, 0.15) is 23.7 Å². The summed E-state index contributed by atoms with van der Waals surface area (Å²) in [6.45, 7) is 6.35. The highest BCUT2D eigenvalue weighted by Crippen LogP contribution is 2.30. The number of aryl methyl sites for hydroxylation is 1. The molecular weight excluding hydrogens is 534 g/mol. The van der Waals surface area contributed by atoms with Crippen LogP contribution in [0.1, 0.15) is 22.3 Å². The summed E-state index contributed by atoms with van der Waals surface area (Å²) in [5, 5.41) is 26.2. The third-order valence-electron chi connectivity index (χ3n) is 7.68. The van der Waals surface area contributed by atoms with Crippen LogP contribution in [0.3, 0.4) is 0 Å². The molecular formula is C32H35N5O5. The first kappa shape index (κ1) is 28.7. The normalized spacial score (nSPS) is 19.0. The largest absolute Gasteiger partial charge is 0.508 e. The molecule has 2 aliphatic rings. The number of carbonyl (C=O) groups excluding carboxylic acids is 3. The van der Waals surface area contributed by atoms with Gasteiger partial charge in [-0.1, -0.05) is 60.7 Å². The van der Waals surface area contributed by atoms with Crippen LogP contribution in [-0.2, 0) is 29.1 Å². The molecule has 3 aromatic rings. The van der Waals surface area contributed by atoms with Gasteiger partial charge in [-0.25, -0.2) is 14.8 Å². The first-order valence-electron chi connectivity index (χ1n) is 13.9. The second-order valence-electron chi connectivity index (χ2n) is 10.6. The van der Waals surface area contributed by atoms with Gasteiger partial charge in [-0.05, 0) is 47.4 Å². The lowest BCUT2D eigenvalue weighted by Crippen LogP contribution is -2.76. The zero-order valence-electron chi connectivity index (χ0n) is 23.5. The van der Waals surface area contributed by atoms with Crippen LogP contribution in [-0.4, -0.2) is 79.7 Å². The van der Waals surface area contributed by atoms with Gasteiger partial charge in [0.25, 0.3) is 0 Å². The smallest absolute Gasteiger partial charge is 0.334 e. The Morgan fingerprint density at radius 3 is 2.40 bits per heavy atom. The molecule has 2 heterocycles.